The number of rotatable bonds is 6. The lowest BCUT2D eigenvalue weighted by Crippen LogP contribution is -2.44. The van der Waals surface area contributed by atoms with Crippen molar-refractivity contribution in [2.45, 2.75) is 31.2 Å². The number of carbonyl (C=O) groups is 1. The van der Waals surface area contributed by atoms with E-state index in [0.29, 0.717) is 19.4 Å². The maximum atomic E-state index is 13.4. The van der Waals surface area contributed by atoms with Crippen molar-refractivity contribution >= 4 is 27.5 Å². The Kier molecular flexibility index (Phi) is 7.37. The number of hydrogen-bond acceptors (Lipinski definition) is 3. The van der Waals surface area contributed by atoms with Gasteiger partial charge < -0.3 is 4.90 Å². The number of aryl methyl sites for hydroxylation is 1. The van der Waals surface area contributed by atoms with Gasteiger partial charge in [-0.2, -0.15) is 4.31 Å². The number of carbonyl (C=O) groups excluding carboxylic acids is 1. The summed E-state index contributed by atoms with van der Waals surface area (Å²) in [5.74, 6) is 1.49. The summed E-state index contributed by atoms with van der Waals surface area (Å²) in [5.41, 5.74) is 2.12. The number of benzene rings is 2. The molecule has 1 fully saturated rings. The average Bonchev–Trinajstić information content (AvgIpc) is 2.76. The Balaban J connectivity index is 1.66. The summed E-state index contributed by atoms with van der Waals surface area (Å²) in [7, 11) is -3.81. The van der Waals surface area contributed by atoms with Crippen molar-refractivity contribution in [3.05, 3.63) is 64.4 Å². The SMILES string of the molecule is C#CCN(Cc1ccc(C)cc1)C(=O)C1CCN(S(=O)(=O)c2ccc(F)c(Cl)c2)CC1. The molecule has 1 aliphatic heterocycles. The molecule has 0 aliphatic carbocycles. The Morgan fingerprint density at radius 2 is 1.87 bits per heavy atom. The molecule has 0 bridgehead atoms. The fourth-order valence-corrected chi connectivity index (χ4v) is 5.37. The second-order valence-electron chi connectivity index (χ2n) is 7.64. The quantitative estimate of drug-likeness (QED) is 0.613. The standard InChI is InChI=1S/C23H24ClFN2O3S/c1-3-12-26(16-18-6-4-17(2)5-7-18)23(28)19-10-13-27(14-11-19)31(29,30)20-8-9-22(25)21(24)15-20/h1,4-9,15,19H,10-14,16H2,2H3. The van der Waals surface area contributed by atoms with Crippen LogP contribution in [0.25, 0.3) is 0 Å². The van der Waals surface area contributed by atoms with E-state index >= 15 is 0 Å². The lowest BCUT2D eigenvalue weighted by Gasteiger charge is -2.33. The van der Waals surface area contributed by atoms with Crippen molar-refractivity contribution in [3.8, 4) is 12.3 Å². The zero-order chi connectivity index (χ0) is 22.6. The third kappa shape index (κ3) is 5.45. The highest BCUT2D eigenvalue weighted by Gasteiger charge is 2.34. The van der Waals surface area contributed by atoms with E-state index in [1.165, 1.54) is 10.4 Å². The topological polar surface area (TPSA) is 57.7 Å². The van der Waals surface area contributed by atoms with Crippen molar-refractivity contribution in [2.75, 3.05) is 19.6 Å². The molecule has 0 atom stereocenters. The van der Waals surface area contributed by atoms with Crippen LogP contribution >= 0.6 is 11.6 Å². The molecule has 0 spiro atoms. The van der Waals surface area contributed by atoms with Crippen LogP contribution in [0.1, 0.15) is 24.0 Å². The second-order valence-corrected chi connectivity index (χ2v) is 9.98. The minimum atomic E-state index is -3.81. The van der Waals surface area contributed by atoms with Crippen molar-refractivity contribution in [1.29, 1.82) is 0 Å². The summed E-state index contributed by atoms with van der Waals surface area (Å²) >= 11 is 5.74. The lowest BCUT2D eigenvalue weighted by atomic mass is 9.96. The number of halogens is 2. The number of amides is 1. The molecule has 1 amide bonds. The molecule has 2 aromatic rings. The summed E-state index contributed by atoms with van der Waals surface area (Å²) in [6.07, 6.45) is 6.25. The molecule has 0 saturated carbocycles. The summed E-state index contributed by atoms with van der Waals surface area (Å²) < 4.78 is 40.4. The molecule has 1 heterocycles. The molecule has 0 unspecified atom stereocenters. The molecule has 1 saturated heterocycles. The molecular weight excluding hydrogens is 439 g/mol. The Labute approximate surface area is 187 Å². The van der Waals surface area contributed by atoms with Crippen molar-refractivity contribution < 1.29 is 17.6 Å². The van der Waals surface area contributed by atoms with Gasteiger partial charge in [0.25, 0.3) is 0 Å². The highest BCUT2D eigenvalue weighted by atomic mass is 35.5. The number of nitrogens with zero attached hydrogens (tertiary/aromatic N) is 2. The molecular formula is C23H24ClFN2O3S. The van der Waals surface area contributed by atoms with E-state index in [-0.39, 0.29) is 41.4 Å². The third-order valence-corrected chi connectivity index (χ3v) is 7.60. The van der Waals surface area contributed by atoms with Crippen LogP contribution in [0.15, 0.2) is 47.4 Å². The first-order chi connectivity index (χ1) is 14.7. The largest absolute Gasteiger partial charge is 0.327 e. The van der Waals surface area contributed by atoms with Gasteiger partial charge in [-0.05, 0) is 43.5 Å². The summed E-state index contributed by atoms with van der Waals surface area (Å²) in [6, 6.07) is 11.3. The van der Waals surface area contributed by atoms with Crippen molar-refractivity contribution in [3.63, 3.8) is 0 Å². The molecule has 0 aromatic heterocycles. The zero-order valence-corrected chi connectivity index (χ0v) is 18.8. The molecule has 8 heteroatoms. The average molecular weight is 463 g/mol. The van der Waals surface area contributed by atoms with Crippen LogP contribution in [-0.4, -0.2) is 43.2 Å². The van der Waals surface area contributed by atoms with Gasteiger partial charge in [0.15, 0.2) is 0 Å². The Hall–Kier alpha value is -2.40. The van der Waals surface area contributed by atoms with E-state index in [1.54, 1.807) is 4.90 Å². The Bertz CT molecular complexity index is 1090. The highest BCUT2D eigenvalue weighted by molar-refractivity contribution is 7.89. The van der Waals surface area contributed by atoms with Gasteiger partial charge in [0.2, 0.25) is 15.9 Å². The number of sulfonamides is 1. The van der Waals surface area contributed by atoms with Gasteiger partial charge >= 0.3 is 0 Å². The molecule has 31 heavy (non-hydrogen) atoms. The van der Waals surface area contributed by atoms with Gasteiger partial charge in [0.1, 0.15) is 5.82 Å². The van der Waals surface area contributed by atoms with E-state index in [2.05, 4.69) is 5.92 Å². The third-order valence-electron chi connectivity index (χ3n) is 5.42. The summed E-state index contributed by atoms with van der Waals surface area (Å²) in [6.45, 7) is 3.00. The first-order valence-electron chi connectivity index (χ1n) is 9.95. The maximum Gasteiger partial charge on any atom is 0.243 e. The minimum absolute atomic E-state index is 0.0583. The molecule has 5 nitrogen and oxygen atoms in total. The van der Waals surface area contributed by atoms with Gasteiger partial charge in [-0.3, -0.25) is 4.79 Å². The zero-order valence-electron chi connectivity index (χ0n) is 17.2. The van der Waals surface area contributed by atoms with E-state index in [1.807, 2.05) is 31.2 Å². The predicted octanol–water partition coefficient (Wildman–Crippen LogP) is 3.85. The van der Waals surface area contributed by atoms with Gasteiger partial charge in [0.05, 0.1) is 16.5 Å². The molecule has 0 N–H and O–H groups in total. The smallest absolute Gasteiger partial charge is 0.243 e. The predicted molar refractivity (Wildman–Crippen MR) is 118 cm³/mol. The van der Waals surface area contributed by atoms with E-state index in [9.17, 15) is 17.6 Å². The summed E-state index contributed by atoms with van der Waals surface area (Å²) in [5, 5.41) is -0.243. The molecule has 0 radical (unpaired) electrons. The molecule has 3 rings (SSSR count). The van der Waals surface area contributed by atoms with Crippen molar-refractivity contribution in [1.82, 2.24) is 9.21 Å². The minimum Gasteiger partial charge on any atom is -0.327 e. The van der Waals surface area contributed by atoms with Gasteiger partial charge in [-0.1, -0.05) is 47.4 Å². The number of hydrogen-bond donors (Lipinski definition) is 0. The molecule has 164 valence electrons. The van der Waals surface area contributed by atoms with Crippen LogP contribution in [0, 0.1) is 31.0 Å². The first kappa shape index (κ1) is 23.3. The van der Waals surface area contributed by atoms with Crippen molar-refractivity contribution in [2.24, 2.45) is 5.92 Å². The fraction of sp³-hybridized carbons (Fsp3) is 0.348. The maximum absolute atomic E-state index is 13.4. The lowest BCUT2D eigenvalue weighted by molar-refractivity contribution is -0.136. The van der Waals surface area contributed by atoms with Gasteiger partial charge in [-0.25, -0.2) is 12.8 Å². The number of terminal acetylenes is 1. The Morgan fingerprint density at radius 3 is 2.45 bits per heavy atom. The van der Waals surface area contributed by atoms with Crippen LogP contribution in [-0.2, 0) is 21.4 Å². The van der Waals surface area contributed by atoms with Crippen LogP contribution in [0.2, 0.25) is 5.02 Å². The van der Waals surface area contributed by atoms with Crippen LogP contribution in [0.3, 0.4) is 0 Å². The van der Waals surface area contributed by atoms with Crippen LogP contribution < -0.4 is 0 Å². The number of piperidine rings is 1. The monoisotopic (exact) mass is 462 g/mol. The Morgan fingerprint density at radius 1 is 1.23 bits per heavy atom. The highest BCUT2D eigenvalue weighted by Crippen LogP contribution is 2.27. The van der Waals surface area contributed by atoms with Crippen LogP contribution in [0.5, 0.6) is 0 Å². The summed E-state index contributed by atoms with van der Waals surface area (Å²) in [4.78, 5) is 14.7. The van der Waals surface area contributed by atoms with Crippen LogP contribution in [0.4, 0.5) is 4.39 Å². The van der Waals surface area contributed by atoms with Gasteiger partial charge in [0, 0.05) is 25.6 Å². The molecule has 2 aromatic carbocycles. The second kappa shape index (κ2) is 9.82. The molecule has 1 aliphatic rings. The fourth-order valence-electron chi connectivity index (χ4n) is 3.62. The van der Waals surface area contributed by atoms with E-state index in [0.717, 1.165) is 23.3 Å². The first-order valence-corrected chi connectivity index (χ1v) is 11.8. The van der Waals surface area contributed by atoms with Gasteiger partial charge in [-0.15, -0.1) is 6.42 Å². The normalized spacial score (nSPS) is 15.4. The van der Waals surface area contributed by atoms with E-state index < -0.39 is 15.8 Å². The van der Waals surface area contributed by atoms with E-state index in [4.69, 9.17) is 18.0 Å².